The van der Waals surface area contributed by atoms with Crippen LogP contribution in [0.3, 0.4) is 0 Å². The summed E-state index contributed by atoms with van der Waals surface area (Å²) in [6.45, 7) is 0. The fourth-order valence-electron chi connectivity index (χ4n) is 2.50. The van der Waals surface area contributed by atoms with Gasteiger partial charge in [-0.1, -0.05) is 6.07 Å². The second kappa shape index (κ2) is 6.52. The highest BCUT2D eigenvalue weighted by Crippen LogP contribution is 2.14. The van der Waals surface area contributed by atoms with Crippen molar-refractivity contribution in [1.82, 2.24) is 29.5 Å². The number of rotatable bonds is 5. The highest BCUT2D eigenvalue weighted by atomic mass is 16.1. The number of H-pyrrole nitrogens is 1. The van der Waals surface area contributed by atoms with E-state index < -0.39 is 0 Å². The molecule has 124 valence electrons. The number of aromatic nitrogens is 6. The van der Waals surface area contributed by atoms with Gasteiger partial charge < -0.3 is 9.38 Å². The van der Waals surface area contributed by atoms with Gasteiger partial charge in [-0.25, -0.2) is 4.98 Å². The van der Waals surface area contributed by atoms with Crippen LogP contribution in [-0.4, -0.2) is 35.5 Å². The van der Waals surface area contributed by atoms with E-state index in [-0.39, 0.29) is 5.91 Å². The number of hydrogen-bond acceptors (Lipinski definition) is 5. The van der Waals surface area contributed by atoms with E-state index in [2.05, 4.69) is 30.5 Å². The van der Waals surface area contributed by atoms with Crippen molar-refractivity contribution in [3.8, 4) is 11.4 Å². The molecule has 0 bridgehead atoms. The minimum Gasteiger partial charge on any atom is -0.307 e. The molecule has 4 rings (SSSR count). The van der Waals surface area contributed by atoms with Crippen LogP contribution in [0.2, 0.25) is 0 Å². The lowest BCUT2D eigenvalue weighted by Crippen LogP contribution is -2.13. The molecule has 0 saturated heterocycles. The van der Waals surface area contributed by atoms with Crippen molar-refractivity contribution in [3.05, 3.63) is 60.8 Å². The molecular weight excluding hydrogens is 318 g/mol. The quantitative estimate of drug-likeness (QED) is 0.582. The van der Waals surface area contributed by atoms with E-state index in [0.29, 0.717) is 24.6 Å². The Bertz CT molecular complexity index is 973. The predicted octanol–water partition coefficient (Wildman–Crippen LogP) is 2.09. The van der Waals surface area contributed by atoms with Gasteiger partial charge in [0.2, 0.25) is 11.9 Å². The Kier molecular flexibility index (Phi) is 3.91. The maximum atomic E-state index is 12.1. The summed E-state index contributed by atoms with van der Waals surface area (Å²) in [7, 11) is 0. The Morgan fingerprint density at radius 2 is 2.04 bits per heavy atom. The number of carbonyl (C=O) groups is 1. The molecule has 0 spiro atoms. The number of hydrogen-bond donors (Lipinski definition) is 2. The third-order valence-electron chi connectivity index (χ3n) is 3.72. The summed E-state index contributed by atoms with van der Waals surface area (Å²) in [4.78, 5) is 23.5. The molecule has 0 aliphatic carbocycles. The number of amides is 1. The van der Waals surface area contributed by atoms with Gasteiger partial charge in [0.25, 0.3) is 0 Å². The SMILES string of the molecule is O=C(CCc1cn2ccccc2n1)Nc1nnc(-c2ccncc2)[nH]1. The van der Waals surface area contributed by atoms with Gasteiger partial charge in [-0.2, -0.15) is 0 Å². The predicted molar refractivity (Wildman–Crippen MR) is 91.8 cm³/mol. The molecule has 4 heterocycles. The number of aryl methyl sites for hydroxylation is 1. The van der Waals surface area contributed by atoms with Gasteiger partial charge in [0.1, 0.15) is 5.65 Å². The molecule has 4 aromatic heterocycles. The van der Waals surface area contributed by atoms with Crippen molar-refractivity contribution in [2.75, 3.05) is 5.32 Å². The minimum atomic E-state index is -0.144. The summed E-state index contributed by atoms with van der Waals surface area (Å²) in [5.74, 6) is 0.763. The van der Waals surface area contributed by atoms with Gasteiger partial charge >= 0.3 is 0 Å². The number of pyridine rings is 2. The molecule has 2 N–H and O–H groups in total. The van der Waals surface area contributed by atoms with Crippen LogP contribution in [0.1, 0.15) is 12.1 Å². The second-order valence-electron chi connectivity index (χ2n) is 5.50. The molecule has 0 fully saturated rings. The maximum Gasteiger partial charge on any atom is 0.228 e. The summed E-state index contributed by atoms with van der Waals surface area (Å²) < 4.78 is 1.94. The van der Waals surface area contributed by atoms with Crippen molar-refractivity contribution < 1.29 is 4.79 Å². The van der Waals surface area contributed by atoms with E-state index >= 15 is 0 Å². The molecule has 0 aliphatic rings. The van der Waals surface area contributed by atoms with Crippen LogP contribution < -0.4 is 5.32 Å². The van der Waals surface area contributed by atoms with E-state index in [1.165, 1.54) is 0 Å². The van der Waals surface area contributed by atoms with Crippen LogP contribution in [0.5, 0.6) is 0 Å². The Morgan fingerprint density at radius 3 is 2.88 bits per heavy atom. The van der Waals surface area contributed by atoms with Crippen LogP contribution in [0.15, 0.2) is 55.1 Å². The molecule has 4 aromatic rings. The number of anilines is 1. The summed E-state index contributed by atoms with van der Waals surface area (Å²) >= 11 is 0. The molecule has 0 atom stereocenters. The van der Waals surface area contributed by atoms with E-state index in [4.69, 9.17) is 0 Å². The molecule has 0 aliphatic heterocycles. The standard InChI is InChI=1S/C17H15N7O/c25-15(5-4-13-11-24-10-2-1-3-14(24)19-13)20-17-21-16(22-23-17)12-6-8-18-9-7-12/h1-3,6-11H,4-5H2,(H2,20,21,22,23,25). The first kappa shape index (κ1) is 15.0. The van der Waals surface area contributed by atoms with Gasteiger partial charge in [-0.15, -0.1) is 10.2 Å². The normalized spacial score (nSPS) is 10.9. The minimum absolute atomic E-state index is 0.144. The molecule has 0 radical (unpaired) electrons. The monoisotopic (exact) mass is 333 g/mol. The van der Waals surface area contributed by atoms with E-state index in [1.807, 2.05) is 47.1 Å². The van der Waals surface area contributed by atoms with Crippen LogP contribution in [-0.2, 0) is 11.2 Å². The first-order valence-corrected chi connectivity index (χ1v) is 7.83. The first-order valence-electron chi connectivity index (χ1n) is 7.83. The Labute approximate surface area is 143 Å². The molecule has 8 heteroatoms. The molecule has 25 heavy (non-hydrogen) atoms. The number of nitrogens with zero attached hydrogens (tertiary/aromatic N) is 5. The van der Waals surface area contributed by atoms with E-state index in [1.54, 1.807) is 12.4 Å². The fraction of sp³-hybridized carbons (Fsp3) is 0.118. The zero-order valence-electron chi connectivity index (χ0n) is 13.3. The number of imidazole rings is 1. The second-order valence-corrected chi connectivity index (χ2v) is 5.50. The average molecular weight is 333 g/mol. The zero-order chi connectivity index (χ0) is 17.1. The highest BCUT2D eigenvalue weighted by molar-refractivity contribution is 5.89. The van der Waals surface area contributed by atoms with E-state index in [0.717, 1.165) is 16.9 Å². The number of fused-ring (bicyclic) bond motifs is 1. The van der Waals surface area contributed by atoms with Crippen LogP contribution in [0.4, 0.5) is 5.95 Å². The van der Waals surface area contributed by atoms with Crippen molar-refractivity contribution in [1.29, 1.82) is 0 Å². The summed E-state index contributed by atoms with van der Waals surface area (Å²) in [6.07, 6.45) is 8.07. The Morgan fingerprint density at radius 1 is 1.16 bits per heavy atom. The van der Waals surface area contributed by atoms with E-state index in [9.17, 15) is 4.79 Å². The van der Waals surface area contributed by atoms with Gasteiger partial charge in [-0.05, 0) is 30.7 Å². The number of nitrogens with one attached hydrogen (secondary N) is 2. The third kappa shape index (κ3) is 3.37. The number of carbonyl (C=O) groups excluding carboxylic acids is 1. The topological polar surface area (TPSA) is 101 Å². The lowest BCUT2D eigenvalue weighted by Gasteiger charge is -1.99. The van der Waals surface area contributed by atoms with Crippen LogP contribution in [0.25, 0.3) is 17.0 Å². The van der Waals surface area contributed by atoms with Gasteiger partial charge in [-0.3, -0.25) is 15.1 Å². The molecule has 0 unspecified atom stereocenters. The maximum absolute atomic E-state index is 12.1. The molecular formula is C17H15N7O. The molecule has 0 saturated carbocycles. The average Bonchev–Trinajstić information content (AvgIpc) is 3.27. The Hall–Kier alpha value is -3.55. The van der Waals surface area contributed by atoms with Crippen molar-refractivity contribution >= 4 is 17.5 Å². The first-order chi connectivity index (χ1) is 12.3. The summed E-state index contributed by atoms with van der Waals surface area (Å²) in [5.41, 5.74) is 2.60. The van der Waals surface area contributed by atoms with Crippen LogP contribution >= 0.6 is 0 Å². The molecule has 0 aromatic carbocycles. The highest BCUT2D eigenvalue weighted by Gasteiger charge is 2.10. The largest absolute Gasteiger partial charge is 0.307 e. The van der Waals surface area contributed by atoms with Gasteiger partial charge in [0.05, 0.1) is 5.69 Å². The van der Waals surface area contributed by atoms with Crippen molar-refractivity contribution in [2.45, 2.75) is 12.8 Å². The summed E-state index contributed by atoms with van der Waals surface area (Å²) in [5, 5.41) is 10.7. The van der Waals surface area contributed by atoms with Crippen LogP contribution in [0, 0.1) is 0 Å². The lowest BCUT2D eigenvalue weighted by molar-refractivity contribution is -0.116. The number of aromatic amines is 1. The lowest BCUT2D eigenvalue weighted by atomic mass is 10.2. The van der Waals surface area contributed by atoms with Crippen molar-refractivity contribution in [3.63, 3.8) is 0 Å². The smallest absolute Gasteiger partial charge is 0.228 e. The van der Waals surface area contributed by atoms with Gasteiger partial charge in [0, 0.05) is 36.8 Å². The molecule has 1 amide bonds. The van der Waals surface area contributed by atoms with Gasteiger partial charge in [0.15, 0.2) is 5.82 Å². The third-order valence-corrected chi connectivity index (χ3v) is 3.72. The zero-order valence-corrected chi connectivity index (χ0v) is 13.3. The fourth-order valence-corrected chi connectivity index (χ4v) is 2.50. The molecule has 8 nitrogen and oxygen atoms in total. The Balaban J connectivity index is 1.37. The van der Waals surface area contributed by atoms with Crippen molar-refractivity contribution in [2.24, 2.45) is 0 Å². The summed E-state index contributed by atoms with van der Waals surface area (Å²) in [6, 6.07) is 9.43.